The van der Waals surface area contributed by atoms with Crippen molar-refractivity contribution >= 4 is 45.5 Å². The van der Waals surface area contributed by atoms with Crippen LogP contribution in [0.5, 0.6) is 5.88 Å². The number of ether oxygens (including phenoxy) is 1. The van der Waals surface area contributed by atoms with Gasteiger partial charge in [-0.15, -0.1) is 5.10 Å². The van der Waals surface area contributed by atoms with Crippen LogP contribution in [-0.2, 0) is 9.53 Å². The van der Waals surface area contributed by atoms with Crippen molar-refractivity contribution < 1.29 is 19.1 Å². The normalized spacial score (nSPS) is 16.2. The molecule has 4 heterocycles. The zero-order valence-electron chi connectivity index (χ0n) is 18.3. The van der Waals surface area contributed by atoms with E-state index >= 15 is 0 Å². The summed E-state index contributed by atoms with van der Waals surface area (Å²) in [6.07, 6.45) is 2.86. The van der Waals surface area contributed by atoms with Gasteiger partial charge in [-0.2, -0.15) is 9.50 Å². The van der Waals surface area contributed by atoms with Crippen LogP contribution in [0, 0.1) is 5.92 Å². The molecule has 0 aliphatic carbocycles. The standard InChI is InChI=1S/C23H22Cl2N4O4S/c1-2-32-22(31)13-7-9-28(10-8-13)18(15-6-5-14(24)12-16(15)25)19-21(30)29-23(34-19)26-20(27-29)17-4-3-11-33-17/h3-6,11-13,18,30H,2,7-10H2,1H3. The molecule has 178 valence electrons. The number of aromatic hydroxyl groups is 1. The van der Waals surface area contributed by atoms with Gasteiger partial charge in [-0.3, -0.25) is 9.69 Å². The number of rotatable bonds is 6. The molecule has 34 heavy (non-hydrogen) atoms. The third kappa shape index (κ3) is 4.29. The lowest BCUT2D eigenvalue weighted by Gasteiger charge is -2.37. The van der Waals surface area contributed by atoms with Gasteiger partial charge in [-0.1, -0.05) is 40.6 Å². The first-order valence-corrected chi connectivity index (χ1v) is 12.5. The van der Waals surface area contributed by atoms with Crippen LogP contribution in [0.25, 0.3) is 16.5 Å². The van der Waals surface area contributed by atoms with Gasteiger partial charge in [0.05, 0.1) is 29.7 Å². The summed E-state index contributed by atoms with van der Waals surface area (Å²) in [4.78, 5) is 20.2. The molecule has 0 bridgehead atoms. The zero-order valence-corrected chi connectivity index (χ0v) is 20.6. The van der Waals surface area contributed by atoms with Crippen molar-refractivity contribution in [2.45, 2.75) is 25.8 Å². The van der Waals surface area contributed by atoms with Crippen LogP contribution in [0.15, 0.2) is 41.0 Å². The zero-order chi connectivity index (χ0) is 23.8. The first kappa shape index (κ1) is 23.2. The summed E-state index contributed by atoms with van der Waals surface area (Å²) in [6, 6.07) is 8.52. The Bertz CT molecular complexity index is 1310. The van der Waals surface area contributed by atoms with E-state index < -0.39 is 0 Å². The maximum Gasteiger partial charge on any atom is 0.309 e. The second-order valence-electron chi connectivity index (χ2n) is 8.03. The summed E-state index contributed by atoms with van der Waals surface area (Å²) < 4.78 is 12.0. The van der Waals surface area contributed by atoms with Crippen LogP contribution in [0.1, 0.15) is 36.2 Å². The van der Waals surface area contributed by atoms with Crippen molar-refractivity contribution in [2.75, 3.05) is 19.7 Å². The highest BCUT2D eigenvalue weighted by atomic mass is 35.5. The topological polar surface area (TPSA) is 93.1 Å². The Hall–Kier alpha value is -2.59. The number of carbonyl (C=O) groups excluding carboxylic acids is 1. The Morgan fingerprint density at radius 3 is 2.76 bits per heavy atom. The summed E-state index contributed by atoms with van der Waals surface area (Å²) in [5, 5.41) is 16.6. The number of halogens is 2. The number of nitrogens with zero attached hydrogens (tertiary/aromatic N) is 4. The van der Waals surface area contributed by atoms with E-state index in [1.807, 2.05) is 13.0 Å². The maximum absolute atomic E-state index is 12.2. The molecule has 1 saturated heterocycles. The fraction of sp³-hybridized carbons (Fsp3) is 0.348. The molecule has 0 spiro atoms. The number of thiazole rings is 1. The SMILES string of the molecule is CCOC(=O)C1CCN(C(c2ccc(Cl)cc2Cl)c2sc3nc(-c4ccco4)nn3c2O)CC1. The summed E-state index contributed by atoms with van der Waals surface area (Å²) in [7, 11) is 0. The third-order valence-corrected chi connectivity index (χ3v) is 7.60. The van der Waals surface area contributed by atoms with Crippen molar-refractivity contribution in [3.05, 3.63) is 57.1 Å². The number of fused-ring (bicyclic) bond motifs is 1. The Balaban J connectivity index is 1.51. The van der Waals surface area contributed by atoms with Crippen molar-refractivity contribution in [2.24, 2.45) is 5.92 Å². The van der Waals surface area contributed by atoms with Gasteiger partial charge in [0.25, 0.3) is 0 Å². The van der Waals surface area contributed by atoms with Gasteiger partial charge in [-0.25, -0.2) is 0 Å². The predicted molar refractivity (Wildman–Crippen MR) is 129 cm³/mol. The van der Waals surface area contributed by atoms with E-state index in [4.69, 9.17) is 32.4 Å². The number of furan rings is 1. The van der Waals surface area contributed by atoms with Crippen molar-refractivity contribution in [1.29, 1.82) is 0 Å². The summed E-state index contributed by atoms with van der Waals surface area (Å²) in [5.74, 6) is 0.623. The van der Waals surface area contributed by atoms with Crippen molar-refractivity contribution in [3.8, 4) is 17.5 Å². The minimum atomic E-state index is -0.353. The molecule has 1 atom stereocenters. The van der Waals surface area contributed by atoms with E-state index in [2.05, 4.69) is 15.0 Å². The second-order valence-corrected chi connectivity index (χ2v) is 9.88. The number of aromatic nitrogens is 3. The van der Waals surface area contributed by atoms with Crippen molar-refractivity contribution in [1.82, 2.24) is 19.5 Å². The quantitative estimate of drug-likeness (QED) is 0.339. The van der Waals surface area contributed by atoms with Crippen LogP contribution >= 0.6 is 34.5 Å². The third-order valence-electron chi connectivity index (χ3n) is 5.96. The molecule has 1 fully saturated rings. The Labute approximate surface area is 209 Å². The molecule has 3 aromatic heterocycles. The number of hydrogen-bond donors (Lipinski definition) is 1. The van der Waals surface area contributed by atoms with Gasteiger partial charge >= 0.3 is 5.97 Å². The average Bonchev–Trinajstić information content (AvgIpc) is 3.55. The number of hydrogen-bond acceptors (Lipinski definition) is 8. The fourth-order valence-electron chi connectivity index (χ4n) is 4.32. The first-order valence-electron chi connectivity index (χ1n) is 10.9. The minimum Gasteiger partial charge on any atom is -0.492 e. The van der Waals surface area contributed by atoms with E-state index in [0.717, 1.165) is 5.56 Å². The molecule has 1 unspecified atom stereocenters. The molecule has 1 aromatic carbocycles. The average molecular weight is 521 g/mol. The highest BCUT2D eigenvalue weighted by Gasteiger charge is 2.35. The van der Waals surface area contributed by atoms with E-state index in [9.17, 15) is 9.90 Å². The molecule has 0 saturated carbocycles. The lowest BCUT2D eigenvalue weighted by Crippen LogP contribution is -2.39. The number of carbonyl (C=O) groups is 1. The predicted octanol–water partition coefficient (Wildman–Crippen LogP) is 5.43. The summed E-state index contributed by atoms with van der Waals surface area (Å²) >= 11 is 14.1. The highest BCUT2D eigenvalue weighted by Crippen LogP contribution is 2.44. The van der Waals surface area contributed by atoms with Gasteiger partial charge in [0.1, 0.15) is 0 Å². The Morgan fingerprint density at radius 1 is 1.32 bits per heavy atom. The van der Waals surface area contributed by atoms with E-state index in [1.54, 1.807) is 30.5 Å². The van der Waals surface area contributed by atoms with Crippen LogP contribution in [0.3, 0.4) is 0 Å². The number of likely N-dealkylation sites (tertiary alicyclic amines) is 1. The lowest BCUT2D eigenvalue weighted by atomic mass is 9.93. The van der Waals surface area contributed by atoms with Gasteiger partial charge in [0.15, 0.2) is 5.76 Å². The molecule has 8 nitrogen and oxygen atoms in total. The molecular formula is C23H22Cl2N4O4S. The number of piperidine rings is 1. The van der Waals surface area contributed by atoms with Crippen LogP contribution in [0.2, 0.25) is 10.0 Å². The van der Waals surface area contributed by atoms with Gasteiger partial charge in [0, 0.05) is 10.0 Å². The second kappa shape index (κ2) is 9.58. The van der Waals surface area contributed by atoms with Crippen LogP contribution < -0.4 is 0 Å². The molecule has 4 aromatic rings. The molecule has 1 aliphatic heterocycles. The van der Waals surface area contributed by atoms with Gasteiger partial charge < -0.3 is 14.3 Å². The molecular weight excluding hydrogens is 499 g/mol. The highest BCUT2D eigenvalue weighted by molar-refractivity contribution is 7.17. The Morgan fingerprint density at radius 2 is 2.12 bits per heavy atom. The van der Waals surface area contributed by atoms with E-state index in [0.29, 0.717) is 64.0 Å². The molecule has 11 heteroatoms. The maximum atomic E-state index is 12.2. The molecule has 1 aliphatic rings. The monoisotopic (exact) mass is 520 g/mol. The van der Waals surface area contributed by atoms with Crippen molar-refractivity contribution in [3.63, 3.8) is 0 Å². The lowest BCUT2D eigenvalue weighted by molar-refractivity contribution is -0.149. The summed E-state index contributed by atoms with van der Waals surface area (Å²) in [6.45, 7) is 3.46. The number of benzene rings is 1. The van der Waals surface area contributed by atoms with E-state index in [1.165, 1.54) is 15.9 Å². The van der Waals surface area contributed by atoms with E-state index in [-0.39, 0.29) is 23.8 Å². The number of esters is 1. The fourth-order valence-corrected chi connectivity index (χ4v) is 5.94. The molecule has 1 N–H and O–H groups in total. The van der Waals surface area contributed by atoms with Crippen LogP contribution in [0.4, 0.5) is 0 Å². The first-order chi connectivity index (χ1) is 16.5. The van der Waals surface area contributed by atoms with Gasteiger partial charge in [0.2, 0.25) is 16.7 Å². The molecule has 5 rings (SSSR count). The smallest absolute Gasteiger partial charge is 0.309 e. The molecule has 0 radical (unpaired) electrons. The van der Waals surface area contributed by atoms with Crippen LogP contribution in [-0.4, -0.2) is 50.3 Å². The minimum absolute atomic E-state index is 0.00570. The summed E-state index contributed by atoms with van der Waals surface area (Å²) in [5.41, 5.74) is 0.812. The Kier molecular flexibility index (Phi) is 6.52. The largest absolute Gasteiger partial charge is 0.492 e. The molecule has 0 amide bonds. The van der Waals surface area contributed by atoms with Gasteiger partial charge in [-0.05, 0) is 62.7 Å².